The third-order valence-electron chi connectivity index (χ3n) is 3.08. The van der Waals surface area contributed by atoms with Crippen molar-refractivity contribution in [2.24, 2.45) is 0 Å². The predicted octanol–water partition coefficient (Wildman–Crippen LogP) is 0.701. The predicted molar refractivity (Wildman–Crippen MR) is 70.8 cm³/mol. The first-order valence-electron chi connectivity index (χ1n) is 5.65. The minimum Gasteiger partial charge on any atom is -0.399 e. The summed E-state index contributed by atoms with van der Waals surface area (Å²) in [6, 6.07) is 8.58. The molecule has 92 valence electrons. The van der Waals surface area contributed by atoms with Gasteiger partial charge in [0.15, 0.2) is 5.65 Å². The van der Waals surface area contributed by atoms with Crippen molar-refractivity contribution in [3.63, 3.8) is 0 Å². The molecule has 7 nitrogen and oxygen atoms in total. The number of hydrogen-bond acceptors (Lipinski definition) is 5. The number of nitrogen functional groups attached to an aromatic ring is 1. The van der Waals surface area contributed by atoms with Gasteiger partial charge in [-0.05, 0) is 30.3 Å². The first-order chi connectivity index (χ1) is 9.24. The highest BCUT2D eigenvalue weighted by atomic mass is 16.1. The molecule has 0 aliphatic carbocycles. The molecule has 0 aliphatic heterocycles. The van der Waals surface area contributed by atoms with E-state index in [0.717, 1.165) is 0 Å². The lowest BCUT2D eigenvalue weighted by molar-refractivity contribution is 0.946. The lowest BCUT2D eigenvalue weighted by Gasteiger charge is -2.03. The van der Waals surface area contributed by atoms with Crippen LogP contribution in [0, 0.1) is 0 Å². The molecule has 7 heteroatoms. The molecule has 1 aromatic carbocycles. The zero-order chi connectivity index (χ0) is 13.0. The zero-order valence-electron chi connectivity index (χ0n) is 9.66. The number of anilines is 1. The molecular formula is C12H8N6O. The van der Waals surface area contributed by atoms with Crippen molar-refractivity contribution < 1.29 is 0 Å². The molecule has 0 atom stereocenters. The number of H-pyrrole nitrogens is 1. The average Bonchev–Trinajstić information content (AvgIpc) is 2.88. The zero-order valence-corrected chi connectivity index (χ0v) is 9.66. The Balaban J connectivity index is 2.36. The van der Waals surface area contributed by atoms with Crippen molar-refractivity contribution in [1.29, 1.82) is 0 Å². The lowest BCUT2D eigenvalue weighted by atomic mass is 10.2. The third kappa shape index (κ3) is 1.26. The second-order valence-electron chi connectivity index (χ2n) is 4.25. The fraction of sp³-hybridized carbons (Fsp3) is 0. The lowest BCUT2D eigenvalue weighted by Crippen LogP contribution is -2.16. The van der Waals surface area contributed by atoms with E-state index in [9.17, 15) is 4.79 Å². The van der Waals surface area contributed by atoms with E-state index < -0.39 is 0 Å². The number of benzene rings is 1. The largest absolute Gasteiger partial charge is 0.399 e. The first-order valence-corrected chi connectivity index (χ1v) is 5.65. The van der Waals surface area contributed by atoms with Crippen LogP contribution in [0.1, 0.15) is 0 Å². The summed E-state index contributed by atoms with van der Waals surface area (Å²) in [5.74, 6) is 0. The number of aromatic nitrogens is 5. The van der Waals surface area contributed by atoms with Crippen molar-refractivity contribution in [1.82, 2.24) is 24.8 Å². The summed E-state index contributed by atoms with van der Waals surface area (Å²) < 4.78 is 1.43. The Hall–Kier alpha value is -2.96. The van der Waals surface area contributed by atoms with Gasteiger partial charge in [0.2, 0.25) is 0 Å². The van der Waals surface area contributed by atoms with Gasteiger partial charge in [0, 0.05) is 5.69 Å². The smallest absolute Gasteiger partial charge is 0.267 e. The Morgan fingerprint density at radius 1 is 1.11 bits per heavy atom. The van der Waals surface area contributed by atoms with Crippen LogP contribution in [0.25, 0.3) is 27.7 Å². The van der Waals surface area contributed by atoms with E-state index in [-0.39, 0.29) is 5.56 Å². The number of rotatable bonds is 0. The summed E-state index contributed by atoms with van der Waals surface area (Å²) in [6.07, 6.45) is 0. The van der Waals surface area contributed by atoms with Crippen LogP contribution < -0.4 is 11.3 Å². The van der Waals surface area contributed by atoms with Crippen LogP contribution in [0.2, 0.25) is 0 Å². The van der Waals surface area contributed by atoms with Crippen molar-refractivity contribution in [2.75, 3.05) is 5.73 Å². The molecule has 0 spiro atoms. The Morgan fingerprint density at radius 3 is 2.84 bits per heavy atom. The molecule has 0 aliphatic rings. The highest BCUT2D eigenvalue weighted by Crippen LogP contribution is 2.15. The van der Waals surface area contributed by atoms with Crippen molar-refractivity contribution in [2.45, 2.75) is 0 Å². The Kier molecular flexibility index (Phi) is 1.73. The van der Waals surface area contributed by atoms with Gasteiger partial charge in [-0.15, -0.1) is 5.10 Å². The number of pyridine rings is 1. The van der Waals surface area contributed by atoms with Crippen LogP contribution >= 0.6 is 0 Å². The molecule has 3 N–H and O–H groups in total. The SMILES string of the molecule is Nc1ccc2nc3ccc4n[nH]nc4n3c(=O)c2c1. The number of nitrogens with one attached hydrogen (secondary N) is 1. The quantitative estimate of drug-likeness (QED) is 0.354. The number of nitrogens with two attached hydrogens (primary N) is 1. The highest BCUT2D eigenvalue weighted by Gasteiger charge is 2.10. The van der Waals surface area contributed by atoms with Gasteiger partial charge in [-0.3, -0.25) is 4.79 Å². The van der Waals surface area contributed by atoms with Gasteiger partial charge in [-0.25, -0.2) is 9.38 Å². The standard InChI is InChI=1S/C12H8N6O/c13-6-1-2-8-7(5-6)12(19)18-10(14-8)4-3-9-11(18)16-17-15-9/h1-5H,13H2,(H,15,16,17). The molecule has 0 fully saturated rings. The Morgan fingerprint density at radius 2 is 1.95 bits per heavy atom. The molecule has 3 aromatic heterocycles. The molecule has 19 heavy (non-hydrogen) atoms. The van der Waals surface area contributed by atoms with Crippen LogP contribution in [0.3, 0.4) is 0 Å². The summed E-state index contributed by atoms with van der Waals surface area (Å²) in [7, 11) is 0. The van der Waals surface area contributed by atoms with Gasteiger partial charge >= 0.3 is 0 Å². The number of nitrogens with zero attached hydrogens (tertiary/aromatic N) is 4. The van der Waals surface area contributed by atoms with Gasteiger partial charge in [0.1, 0.15) is 11.2 Å². The van der Waals surface area contributed by atoms with Gasteiger partial charge in [-0.2, -0.15) is 10.3 Å². The molecule has 4 aromatic rings. The second-order valence-corrected chi connectivity index (χ2v) is 4.25. The van der Waals surface area contributed by atoms with Crippen molar-refractivity contribution in [3.8, 4) is 0 Å². The van der Waals surface area contributed by atoms with Crippen LogP contribution in [0.15, 0.2) is 35.1 Å². The molecule has 0 saturated carbocycles. The third-order valence-corrected chi connectivity index (χ3v) is 3.08. The van der Waals surface area contributed by atoms with Crippen molar-refractivity contribution in [3.05, 3.63) is 40.7 Å². The molecule has 4 rings (SSSR count). The van der Waals surface area contributed by atoms with Crippen LogP contribution in [-0.2, 0) is 0 Å². The highest BCUT2D eigenvalue weighted by molar-refractivity contribution is 5.85. The van der Waals surface area contributed by atoms with Crippen LogP contribution in [0.4, 0.5) is 5.69 Å². The fourth-order valence-corrected chi connectivity index (χ4v) is 2.20. The summed E-state index contributed by atoms with van der Waals surface area (Å²) >= 11 is 0. The number of hydrogen-bond donors (Lipinski definition) is 2. The van der Waals surface area contributed by atoms with Crippen LogP contribution in [-0.4, -0.2) is 24.8 Å². The van der Waals surface area contributed by atoms with E-state index in [2.05, 4.69) is 20.4 Å². The molecule has 3 heterocycles. The fourth-order valence-electron chi connectivity index (χ4n) is 2.20. The Bertz CT molecular complexity index is 1000. The second kappa shape index (κ2) is 3.29. The maximum Gasteiger partial charge on any atom is 0.267 e. The number of aromatic amines is 1. The van der Waals surface area contributed by atoms with Gasteiger partial charge < -0.3 is 5.73 Å². The van der Waals surface area contributed by atoms with Gasteiger partial charge in [0.05, 0.1) is 10.9 Å². The van der Waals surface area contributed by atoms with Crippen LogP contribution in [0.5, 0.6) is 0 Å². The summed E-state index contributed by atoms with van der Waals surface area (Å²) in [4.78, 5) is 17.0. The van der Waals surface area contributed by atoms with E-state index in [1.807, 2.05) is 0 Å². The topological polar surface area (TPSA) is 102 Å². The first kappa shape index (κ1) is 10.0. The molecule has 0 unspecified atom stereocenters. The van der Waals surface area contributed by atoms with E-state index in [1.54, 1.807) is 30.3 Å². The van der Waals surface area contributed by atoms with Gasteiger partial charge in [0.25, 0.3) is 5.56 Å². The minimum absolute atomic E-state index is 0.202. The normalized spacial score (nSPS) is 11.6. The average molecular weight is 252 g/mol. The summed E-state index contributed by atoms with van der Waals surface area (Å²) in [5, 5.41) is 10.9. The maximum absolute atomic E-state index is 12.5. The van der Waals surface area contributed by atoms with E-state index >= 15 is 0 Å². The van der Waals surface area contributed by atoms with E-state index in [1.165, 1.54) is 4.40 Å². The van der Waals surface area contributed by atoms with E-state index in [0.29, 0.717) is 33.4 Å². The molecular weight excluding hydrogens is 244 g/mol. The monoisotopic (exact) mass is 252 g/mol. The van der Waals surface area contributed by atoms with E-state index in [4.69, 9.17) is 5.73 Å². The molecule has 0 bridgehead atoms. The minimum atomic E-state index is -0.202. The molecule has 0 amide bonds. The molecule has 0 radical (unpaired) electrons. The summed E-state index contributed by atoms with van der Waals surface area (Å²) in [5.41, 5.74) is 8.26. The van der Waals surface area contributed by atoms with Crippen molar-refractivity contribution >= 4 is 33.4 Å². The number of fused-ring (bicyclic) bond motifs is 4. The Labute approximate surface area is 105 Å². The summed E-state index contributed by atoms with van der Waals surface area (Å²) in [6.45, 7) is 0. The maximum atomic E-state index is 12.5. The molecule has 0 saturated heterocycles. The van der Waals surface area contributed by atoms with Gasteiger partial charge in [-0.1, -0.05) is 0 Å².